The third kappa shape index (κ3) is 5.53. The maximum Gasteiger partial charge on any atom is 0.163 e. The van der Waals surface area contributed by atoms with Crippen LogP contribution in [0.25, 0.3) is 12.2 Å². The highest BCUT2D eigenvalue weighted by Crippen LogP contribution is 2.24. The zero-order valence-corrected chi connectivity index (χ0v) is 15.6. The number of benzene rings is 2. The van der Waals surface area contributed by atoms with Crippen molar-refractivity contribution in [3.8, 4) is 5.75 Å². The van der Waals surface area contributed by atoms with Gasteiger partial charge in [-0.15, -0.1) is 0 Å². The molecule has 4 nitrogen and oxygen atoms in total. The molecule has 0 aliphatic rings. The van der Waals surface area contributed by atoms with E-state index in [0.29, 0.717) is 11.3 Å². The van der Waals surface area contributed by atoms with Crippen LogP contribution in [0.4, 0.5) is 0 Å². The molecule has 0 aromatic heterocycles. The van der Waals surface area contributed by atoms with Gasteiger partial charge in [-0.05, 0) is 35.9 Å². The summed E-state index contributed by atoms with van der Waals surface area (Å²) in [6.45, 7) is -0.427. The fourth-order valence-corrected chi connectivity index (χ4v) is 2.63. The maximum absolute atomic E-state index is 12.3. The van der Waals surface area contributed by atoms with Gasteiger partial charge in [0.1, 0.15) is 5.75 Å². The van der Waals surface area contributed by atoms with Crippen LogP contribution in [-0.2, 0) is 0 Å². The molecule has 0 aliphatic carbocycles. The van der Waals surface area contributed by atoms with Crippen molar-refractivity contribution in [2.24, 2.45) is 5.92 Å². The molecule has 5 heteroatoms. The van der Waals surface area contributed by atoms with Crippen LogP contribution in [0.3, 0.4) is 0 Å². The Hall–Kier alpha value is -1.95. The van der Waals surface area contributed by atoms with Crippen molar-refractivity contribution in [3.63, 3.8) is 0 Å². The SMILES string of the molecule is COc1ccc(C(=O)CC(CO)CO)cc1/C=C/c1ccc(Br)cc1. The van der Waals surface area contributed by atoms with Gasteiger partial charge in [0.15, 0.2) is 5.78 Å². The second kappa shape index (κ2) is 9.51. The number of rotatable bonds is 8. The van der Waals surface area contributed by atoms with Gasteiger partial charge in [0.25, 0.3) is 0 Å². The zero-order chi connectivity index (χ0) is 18.2. The van der Waals surface area contributed by atoms with Gasteiger partial charge in [0.05, 0.1) is 7.11 Å². The molecule has 0 aliphatic heterocycles. The summed E-state index contributed by atoms with van der Waals surface area (Å²) in [7, 11) is 1.58. The average Bonchev–Trinajstić information content (AvgIpc) is 2.65. The molecule has 25 heavy (non-hydrogen) atoms. The molecule has 2 N–H and O–H groups in total. The van der Waals surface area contributed by atoms with Crippen LogP contribution in [0.15, 0.2) is 46.9 Å². The molecule has 0 saturated carbocycles. The number of halogens is 1. The number of carbonyl (C=O) groups excluding carboxylic acids is 1. The molecule has 2 rings (SSSR count). The second-order valence-corrected chi connectivity index (χ2v) is 6.62. The number of hydrogen-bond donors (Lipinski definition) is 2. The van der Waals surface area contributed by atoms with E-state index >= 15 is 0 Å². The smallest absolute Gasteiger partial charge is 0.163 e. The Bertz CT molecular complexity index is 734. The summed E-state index contributed by atoms with van der Waals surface area (Å²) in [5.74, 6) is 0.121. The number of carbonyl (C=O) groups is 1. The molecule has 0 radical (unpaired) electrons. The summed E-state index contributed by atoms with van der Waals surface area (Å²) in [6, 6.07) is 13.1. The normalized spacial score (nSPS) is 11.2. The van der Waals surface area contributed by atoms with Crippen molar-refractivity contribution >= 4 is 33.9 Å². The van der Waals surface area contributed by atoms with Gasteiger partial charge in [0.2, 0.25) is 0 Å². The van der Waals surface area contributed by atoms with Crippen molar-refractivity contribution < 1.29 is 19.7 Å². The molecule has 0 spiro atoms. The lowest BCUT2D eigenvalue weighted by Crippen LogP contribution is -2.16. The molecule has 0 fully saturated rings. The van der Waals surface area contributed by atoms with E-state index in [1.54, 1.807) is 25.3 Å². The summed E-state index contributed by atoms with van der Waals surface area (Å²) in [6.07, 6.45) is 3.95. The first-order valence-electron chi connectivity index (χ1n) is 7.94. The van der Waals surface area contributed by atoms with Crippen molar-refractivity contribution in [1.82, 2.24) is 0 Å². The number of Topliss-reactive ketones (excluding diaryl/α,β-unsaturated/α-hetero) is 1. The van der Waals surface area contributed by atoms with Crippen LogP contribution in [0, 0.1) is 5.92 Å². The van der Waals surface area contributed by atoms with Crippen molar-refractivity contribution in [1.29, 1.82) is 0 Å². The van der Waals surface area contributed by atoms with Gasteiger partial charge >= 0.3 is 0 Å². The highest BCUT2D eigenvalue weighted by molar-refractivity contribution is 9.10. The molecular weight excluding hydrogens is 384 g/mol. The summed E-state index contributed by atoms with van der Waals surface area (Å²) < 4.78 is 6.37. The fraction of sp³-hybridized carbons (Fsp3) is 0.250. The van der Waals surface area contributed by atoms with Crippen LogP contribution in [-0.4, -0.2) is 36.3 Å². The van der Waals surface area contributed by atoms with E-state index in [1.807, 2.05) is 36.4 Å². The molecule has 0 saturated heterocycles. The minimum atomic E-state index is -0.434. The summed E-state index contributed by atoms with van der Waals surface area (Å²) >= 11 is 3.40. The van der Waals surface area contributed by atoms with Crippen molar-refractivity contribution in [2.75, 3.05) is 20.3 Å². The molecule has 0 heterocycles. The quantitative estimate of drug-likeness (QED) is 0.518. The van der Waals surface area contributed by atoms with Gasteiger partial charge < -0.3 is 14.9 Å². The molecule has 2 aromatic carbocycles. The highest BCUT2D eigenvalue weighted by Gasteiger charge is 2.15. The van der Waals surface area contributed by atoms with Crippen LogP contribution in [0.2, 0.25) is 0 Å². The molecule has 0 atom stereocenters. The van der Waals surface area contributed by atoms with Crippen LogP contribution < -0.4 is 4.74 Å². The Morgan fingerprint density at radius 3 is 2.40 bits per heavy atom. The Morgan fingerprint density at radius 1 is 1.12 bits per heavy atom. The first kappa shape index (κ1) is 19.4. The first-order valence-corrected chi connectivity index (χ1v) is 8.73. The summed E-state index contributed by atoms with van der Waals surface area (Å²) in [5, 5.41) is 18.3. The van der Waals surface area contributed by atoms with Gasteiger partial charge in [-0.3, -0.25) is 4.79 Å². The van der Waals surface area contributed by atoms with Gasteiger partial charge in [-0.1, -0.05) is 40.2 Å². The molecule has 0 bridgehead atoms. The van der Waals surface area contributed by atoms with Gasteiger partial charge in [-0.25, -0.2) is 0 Å². The third-order valence-corrected chi connectivity index (χ3v) is 4.40. The van der Waals surface area contributed by atoms with Crippen molar-refractivity contribution in [3.05, 3.63) is 63.6 Å². The predicted octanol–water partition coefficient (Wildman–Crippen LogP) is 3.80. The predicted molar refractivity (Wildman–Crippen MR) is 103 cm³/mol. The monoisotopic (exact) mass is 404 g/mol. The lowest BCUT2D eigenvalue weighted by molar-refractivity contribution is 0.0879. The van der Waals surface area contributed by atoms with Gasteiger partial charge in [-0.2, -0.15) is 0 Å². The number of ketones is 1. The maximum atomic E-state index is 12.3. The van der Waals surface area contributed by atoms with E-state index in [2.05, 4.69) is 15.9 Å². The average molecular weight is 405 g/mol. The Morgan fingerprint density at radius 2 is 1.80 bits per heavy atom. The number of aliphatic hydroxyl groups is 2. The number of hydrogen-bond acceptors (Lipinski definition) is 4. The first-order chi connectivity index (χ1) is 12.1. The topological polar surface area (TPSA) is 66.8 Å². The summed E-state index contributed by atoms with van der Waals surface area (Å²) in [5.41, 5.74) is 2.35. The lowest BCUT2D eigenvalue weighted by atomic mass is 9.97. The molecule has 2 aromatic rings. The Balaban J connectivity index is 2.24. The zero-order valence-electron chi connectivity index (χ0n) is 14.0. The molecule has 132 valence electrons. The Kier molecular flexibility index (Phi) is 7.37. The van der Waals surface area contributed by atoms with Crippen molar-refractivity contribution in [2.45, 2.75) is 6.42 Å². The van der Waals surface area contributed by atoms with E-state index in [4.69, 9.17) is 14.9 Å². The highest BCUT2D eigenvalue weighted by atomic mass is 79.9. The van der Waals surface area contributed by atoms with Gasteiger partial charge in [0, 0.05) is 41.2 Å². The van der Waals surface area contributed by atoms with E-state index in [1.165, 1.54) is 0 Å². The largest absolute Gasteiger partial charge is 0.496 e. The van der Waals surface area contributed by atoms with Crippen LogP contribution >= 0.6 is 15.9 Å². The van der Waals surface area contributed by atoms with E-state index in [-0.39, 0.29) is 25.4 Å². The summed E-state index contributed by atoms with van der Waals surface area (Å²) in [4.78, 5) is 12.3. The van der Waals surface area contributed by atoms with E-state index in [0.717, 1.165) is 15.6 Å². The third-order valence-electron chi connectivity index (χ3n) is 3.87. The number of ether oxygens (including phenoxy) is 1. The van der Waals surface area contributed by atoms with Crippen LogP contribution in [0.5, 0.6) is 5.75 Å². The standard InChI is InChI=1S/C20H21BrO4/c1-25-20-9-6-16(19(24)10-15(12-22)13-23)11-17(20)5-2-14-3-7-18(21)8-4-14/h2-9,11,15,22-23H,10,12-13H2,1H3/b5-2+. The second-order valence-electron chi connectivity index (χ2n) is 5.70. The van der Waals surface area contributed by atoms with Crippen LogP contribution in [0.1, 0.15) is 27.9 Å². The molecular formula is C20H21BrO4. The van der Waals surface area contributed by atoms with E-state index in [9.17, 15) is 4.79 Å². The fourth-order valence-electron chi connectivity index (χ4n) is 2.36. The molecule has 0 amide bonds. The minimum absolute atomic E-state index is 0.106. The number of aliphatic hydroxyl groups excluding tert-OH is 2. The minimum Gasteiger partial charge on any atom is -0.496 e. The lowest BCUT2D eigenvalue weighted by Gasteiger charge is -2.11. The Labute approximate surface area is 155 Å². The number of methoxy groups -OCH3 is 1. The van der Waals surface area contributed by atoms with E-state index < -0.39 is 5.92 Å². The molecule has 0 unspecified atom stereocenters.